The van der Waals surface area contributed by atoms with Gasteiger partial charge in [-0.3, -0.25) is 9.59 Å². The lowest BCUT2D eigenvalue weighted by Gasteiger charge is -2.19. The van der Waals surface area contributed by atoms with Crippen LogP contribution in [-0.2, 0) is 50.1 Å². The van der Waals surface area contributed by atoms with E-state index >= 15 is 0 Å². The summed E-state index contributed by atoms with van der Waals surface area (Å²) >= 11 is 0. The molecule has 0 spiro atoms. The minimum Gasteiger partial charge on any atom is -0.465 e. The molecule has 0 aliphatic rings. The summed E-state index contributed by atoms with van der Waals surface area (Å²) in [6.07, 6.45) is 5.10. The lowest BCUT2D eigenvalue weighted by Crippen LogP contribution is -2.28. The maximum atomic E-state index is 12.3. The predicted octanol–water partition coefficient (Wildman–Crippen LogP) is 8.70. The van der Waals surface area contributed by atoms with Gasteiger partial charge in [-0.1, -0.05) is 48.5 Å². The van der Waals surface area contributed by atoms with Gasteiger partial charge in [-0.05, 0) is 100 Å². The van der Waals surface area contributed by atoms with Gasteiger partial charge in [0.15, 0.2) is 11.2 Å². The Morgan fingerprint density at radius 1 is 0.628 bits per heavy atom. The largest absolute Gasteiger partial charge is 0.465 e. The van der Waals surface area contributed by atoms with Gasteiger partial charge in [0.05, 0.1) is 26.3 Å². The first-order chi connectivity index (χ1) is 41.0. The van der Waals surface area contributed by atoms with Gasteiger partial charge in [-0.25, -0.2) is 34.4 Å². The van der Waals surface area contributed by atoms with Crippen LogP contribution in [0.2, 0.25) is 0 Å². The van der Waals surface area contributed by atoms with Crippen molar-refractivity contribution < 1.29 is 52.0 Å². The standard InChI is InChI=1S/C31H33N7O6.C18H21N3O4.C12H14N4O/c1-31(2,3)44-28(39)24(33-4)17-27-36-23-11-10-22(16-25(23)43-27)38(5)14-15-41-30(40)35-18-20-6-8-21(9-7-20)19-42-29-34-13-12-26(32)37-29;1-18(2,3)25-17(23)14(19-4)11-16-20-13-7-6-12(10-15(13)24-16)21(5)8-9-22;13-7-9-1-3-10(4-2-9)8-17-12-15-6-5-11(14)16-12/h6-13,16-17H,14-15,18-19H2,1-3,5H3,(H,35,40)(H2,32,34,37);6-7,10-11,22H,8-9H2,1-3,5H3;1-6H,7-8,13H2,(H2,14,15,16)/b24-17-;14-11-;. The highest BCUT2D eigenvalue weighted by molar-refractivity contribution is 5.96. The number of amides is 1. The number of esters is 2. The summed E-state index contributed by atoms with van der Waals surface area (Å²) < 4.78 is 38.1. The van der Waals surface area contributed by atoms with Crippen LogP contribution in [0.4, 0.5) is 27.8 Å². The third-order valence-electron chi connectivity index (χ3n) is 11.5. The molecule has 0 aliphatic heterocycles. The lowest BCUT2D eigenvalue weighted by molar-refractivity contribution is -0.150. The third kappa shape index (κ3) is 21.0. The van der Waals surface area contributed by atoms with E-state index < -0.39 is 29.2 Å². The molecule has 0 atom stereocenters. The average molecular weight is 1170 g/mol. The Bertz CT molecular complexity index is 3730. The van der Waals surface area contributed by atoms with Gasteiger partial charge in [0.2, 0.25) is 11.8 Å². The van der Waals surface area contributed by atoms with Crippen LogP contribution in [0.15, 0.2) is 130 Å². The second kappa shape index (κ2) is 30.6. The topological polar surface area (TPSA) is 326 Å². The zero-order chi connectivity index (χ0) is 62.4. The van der Waals surface area contributed by atoms with Crippen LogP contribution in [0.5, 0.6) is 12.0 Å². The number of benzene rings is 4. The number of hydrogen-bond acceptors (Lipinski definition) is 22. The number of nitrogens with zero attached hydrogens (tertiary/aromatic N) is 10. The fourth-order valence-electron chi connectivity index (χ4n) is 7.21. The van der Waals surface area contributed by atoms with Crippen molar-refractivity contribution in [1.29, 1.82) is 0 Å². The van der Waals surface area contributed by atoms with Crippen LogP contribution in [-0.4, -0.2) is 105 Å². The number of anilines is 4. The molecule has 448 valence electrons. The van der Waals surface area contributed by atoms with Crippen LogP contribution in [0.3, 0.4) is 0 Å². The molecule has 0 radical (unpaired) electrons. The molecule has 86 heavy (non-hydrogen) atoms. The van der Waals surface area contributed by atoms with Gasteiger partial charge in [0.1, 0.15) is 53.7 Å². The number of ether oxygens (including phenoxy) is 5. The van der Waals surface area contributed by atoms with E-state index in [4.69, 9.17) is 68.0 Å². The number of aliphatic hydroxyl groups is 1. The summed E-state index contributed by atoms with van der Waals surface area (Å²) in [6, 6.07) is 29.9. The number of oxazole rings is 2. The molecule has 4 aromatic carbocycles. The van der Waals surface area contributed by atoms with Gasteiger partial charge >= 0.3 is 30.1 Å². The maximum absolute atomic E-state index is 12.3. The molecule has 0 saturated heterocycles. The Balaban J connectivity index is 0.000000235. The Morgan fingerprint density at radius 2 is 1.06 bits per heavy atom. The first-order valence-corrected chi connectivity index (χ1v) is 26.7. The zero-order valence-electron chi connectivity index (χ0n) is 48.9. The predicted molar refractivity (Wildman–Crippen MR) is 323 cm³/mol. The van der Waals surface area contributed by atoms with E-state index in [1.54, 1.807) is 84.1 Å². The highest BCUT2D eigenvalue weighted by Crippen LogP contribution is 2.26. The highest BCUT2D eigenvalue weighted by atomic mass is 16.6. The molecule has 8 rings (SSSR count). The molecule has 8 aromatic rings. The number of nitrogens with one attached hydrogen (secondary N) is 1. The van der Waals surface area contributed by atoms with Gasteiger partial charge in [-0.15, -0.1) is 0 Å². The Labute approximate surface area is 497 Å². The maximum Gasteiger partial charge on any atom is 0.407 e. The minimum absolute atomic E-state index is 0.0448. The van der Waals surface area contributed by atoms with Crippen molar-refractivity contribution in [3.63, 3.8) is 0 Å². The zero-order valence-corrected chi connectivity index (χ0v) is 48.9. The van der Waals surface area contributed by atoms with Gasteiger partial charge in [0.25, 0.3) is 11.4 Å². The number of rotatable bonds is 20. The summed E-state index contributed by atoms with van der Waals surface area (Å²) in [7, 11) is 3.71. The number of aliphatic hydroxyl groups excluding tert-OH is 1. The van der Waals surface area contributed by atoms with Crippen molar-refractivity contribution in [3.8, 4) is 12.0 Å². The number of nitrogens with two attached hydrogens (primary N) is 3. The van der Waals surface area contributed by atoms with Crippen LogP contribution in [0.1, 0.15) is 75.6 Å². The molecule has 4 aromatic heterocycles. The smallest absolute Gasteiger partial charge is 0.407 e. The summed E-state index contributed by atoms with van der Waals surface area (Å²) in [5.74, 6) is -0.451. The van der Waals surface area contributed by atoms with Gasteiger partial charge in [0, 0.05) is 81.8 Å². The first kappa shape index (κ1) is 64.5. The summed E-state index contributed by atoms with van der Waals surface area (Å²) in [5, 5.41) is 11.8. The second-order valence-corrected chi connectivity index (χ2v) is 20.7. The number of likely N-dealkylation sites (N-methyl/N-ethyl adjacent to an activating group) is 2. The number of carbonyl (C=O) groups excluding carboxylic acids is 3. The summed E-state index contributed by atoms with van der Waals surface area (Å²) in [4.78, 5) is 71.2. The van der Waals surface area contributed by atoms with E-state index in [0.717, 1.165) is 33.6 Å². The molecule has 0 unspecified atom stereocenters. The Kier molecular flexibility index (Phi) is 23.0. The van der Waals surface area contributed by atoms with Crippen molar-refractivity contribution in [3.05, 3.63) is 178 Å². The average Bonchev–Trinajstić information content (AvgIpc) is 2.35. The molecule has 25 nitrogen and oxygen atoms in total. The third-order valence-corrected chi connectivity index (χ3v) is 11.5. The summed E-state index contributed by atoms with van der Waals surface area (Å²) in [6.45, 7) is 27.5. The van der Waals surface area contributed by atoms with Gasteiger partial charge in [-0.2, -0.15) is 9.97 Å². The van der Waals surface area contributed by atoms with Crippen molar-refractivity contribution in [2.75, 3.05) is 61.7 Å². The molecule has 4 heterocycles. The van der Waals surface area contributed by atoms with E-state index in [-0.39, 0.29) is 55.0 Å². The number of alkyl carbamates (subject to hydrolysis) is 1. The SMILES string of the molecule is NCc1ccc(COc2nccc(N)n2)cc1.[C-]#[N+]/C(=C\c1nc2ccc(N(C)CCO)cc2o1)C(=O)OC(C)(C)C.[C-]#[N+]/C(=C\c1nc2ccc(N(C)CCOC(=O)NCc3ccc(COc4nccc(N)n4)cc3)cc2o1)C(=O)OC(C)(C)C. The number of fused-ring (bicyclic) bond motifs is 2. The van der Waals surface area contributed by atoms with Crippen molar-refractivity contribution in [2.45, 2.75) is 79.0 Å². The van der Waals surface area contributed by atoms with Crippen LogP contribution in [0.25, 0.3) is 44.0 Å². The normalized spacial score (nSPS) is 11.4. The van der Waals surface area contributed by atoms with E-state index in [0.29, 0.717) is 66.6 Å². The van der Waals surface area contributed by atoms with E-state index in [2.05, 4.69) is 44.9 Å². The number of hydrogen-bond donors (Lipinski definition) is 5. The number of carbonyl (C=O) groups is 3. The first-order valence-electron chi connectivity index (χ1n) is 26.7. The minimum atomic E-state index is -0.746. The Hall–Kier alpha value is -10.6. The van der Waals surface area contributed by atoms with Gasteiger partial charge < -0.3 is 69.9 Å². The molecule has 0 bridgehead atoms. The Morgan fingerprint density at radius 3 is 1.47 bits per heavy atom. The lowest BCUT2D eigenvalue weighted by atomic mass is 10.1. The molecular formula is C61H68N14O11. The molecular weight excluding hydrogens is 1100 g/mol. The van der Waals surface area contributed by atoms with Crippen LogP contribution in [0, 0.1) is 13.1 Å². The van der Waals surface area contributed by atoms with Crippen LogP contribution < -0.4 is 41.8 Å². The van der Waals surface area contributed by atoms with E-state index in [1.807, 2.05) is 84.6 Å². The molecule has 0 fully saturated rings. The molecule has 0 saturated carbocycles. The molecule has 0 aliphatic carbocycles. The fourth-order valence-corrected chi connectivity index (χ4v) is 7.21. The van der Waals surface area contributed by atoms with Crippen molar-refractivity contribution in [2.24, 2.45) is 5.73 Å². The highest BCUT2D eigenvalue weighted by Gasteiger charge is 2.23. The molecule has 1 amide bonds. The number of nitrogen functional groups attached to an aromatic ring is 2. The molecule has 25 heteroatoms. The van der Waals surface area contributed by atoms with Crippen molar-refractivity contribution >= 4 is 75.4 Å². The quantitative estimate of drug-likeness (QED) is 0.0206. The number of aromatic nitrogens is 6. The van der Waals surface area contributed by atoms with E-state index in [1.165, 1.54) is 18.3 Å². The molecule has 8 N–H and O–H groups in total. The summed E-state index contributed by atoms with van der Waals surface area (Å²) in [5.41, 5.74) is 22.6. The monoisotopic (exact) mass is 1170 g/mol. The van der Waals surface area contributed by atoms with Crippen molar-refractivity contribution in [1.82, 2.24) is 35.2 Å². The fraction of sp³-hybridized carbons (Fsp3) is 0.295. The van der Waals surface area contributed by atoms with E-state index in [9.17, 15) is 14.4 Å². The van der Waals surface area contributed by atoms with Crippen LogP contribution >= 0.6 is 0 Å². The second-order valence-electron chi connectivity index (χ2n) is 20.7.